The monoisotopic (exact) mass is 381 g/mol. The van der Waals surface area contributed by atoms with Gasteiger partial charge < -0.3 is 24.9 Å². The molecule has 2 aromatic heterocycles. The van der Waals surface area contributed by atoms with Crippen LogP contribution in [0.2, 0.25) is 0 Å². The Morgan fingerprint density at radius 3 is 2.74 bits per heavy atom. The molecule has 0 radical (unpaired) electrons. The summed E-state index contributed by atoms with van der Waals surface area (Å²) >= 11 is 1.54. The molecule has 4 aromatic rings. The van der Waals surface area contributed by atoms with E-state index >= 15 is 0 Å². The van der Waals surface area contributed by atoms with Crippen LogP contribution >= 0.6 is 11.3 Å². The second-order valence-electron chi connectivity index (χ2n) is 6.00. The molecule has 0 fully saturated rings. The maximum atomic E-state index is 10.4. The summed E-state index contributed by atoms with van der Waals surface area (Å²) in [6.45, 7) is 0.431. The zero-order chi connectivity index (χ0) is 18.6. The fourth-order valence-electron chi connectivity index (χ4n) is 2.74. The van der Waals surface area contributed by atoms with E-state index in [-0.39, 0.29) is 0 Å². The van der Waals surface area contributed by atoms with E-state index in [2.05, 4.69) is 15.3 Å². The Labute approximate surface area is 160 Å². The summed E-state index contributed by atoms with van der Waals surface area (Å²) in [6.07, 6.45) is -0.843. The van der Waals surface area contributed by atoms with E-state index < -0.39 is 6.23 Å². The average molecular weight is 381 g/mol. The van der Waals surface area contributed by atoms with E-state index in [4.69, 9.17) is 9.47 Å². The van der Waals surface area contributed by atoms with Gasteiger partial charge in [-0.05, 0) is 48.0 Å². The summed E-state index contributed by atoms with van der Waals surface area (Å²) in [6, 6.07) is 17.1. The minimum Gasteiger partial charge on any atom is -0.497 e. The Morgan fingerprint density at radius 1 is 1.15 bits per heavy atom. The van der Waals surface area contributed by atoms with Crippen molar-refractivity contribution in [1.82, 2.24) is 9.97 Å². The molecule has 1 unspecified atom stereocenters. The molecule has 1 atom stereocenters. The smallest absolute Gasteiger partial charge is 0.165 e. The SMILES string of the molecule is COc1ccc(OCc2cccc(NC(O)c3cc4scnc4[nH]3)c2)cc1. The van der Waals surface area contributed by atoms with E-state index in [1.165, 1.54) is 11.3 Å². The van der Waals surface area contributed by atoms with E-state index in [0.29, 0.717) is 12.3 Å². The van der Waals surface area contributed by atoms with Crippen molar-refractivity contribution in [3.05, 3.63) is 71.4 Å². The first kappa shape index (κ1) is 17.4. The van der Waals surface area contributed by atoms with Crippen LogP contribution in [0.5, 0.6) is 11.5 Å². The van der Waals surface area contributed by atoms with Gasteiger partial charge in [0.05, 0.1) is 23.0 Å². The zero-order valence-corrected chi connectivity index (χ0v) is 15.5. The van der Waals surface area contributed by atoms with Crippen molar-refractivity contribution in [2.75, 3.05) is 12.4 Å². The van der Waals surface area contributed by atoms with Crippen molar-refractivity contribution in [3.8, 4) is 11.5 Å². The summed E-state index contributed by atoms with van der Waals surface area (Å²) < 4.78 is 12.0. The standard InChI is InChI=1S/C20H19N3O3S/c1-25-15-5-7-16(8-6-15)26-11-13-3-2-4-14(9-13)22-20(24)17-10-18-19(23-17)21-12-27-18/h2-10,12,20,22-24H,11H2,1H3. The van der Waals surface area contributed by atoms with Crippen molar-refractivity contribution in [2.45, 2.75) is 12.8 Å². The van der Waals surface area contributed by atoms with E-state index in [1.807, 2.05) is 54.6 Å². The van der Waals surface area contributed by atoms with Crippen LogP contribution in [0.4, 0.5) is 5.69 Å². The van der Waals surface area contributed by atoms with E-state index in [1.54, 1.807) is 12.6 Å². The van der Waals surface area contributed by atoms with Gasteiger partial charge in [-0.25, -0.2) is 4.98 Å². The molecule has 7 heteroatoms. The average Bonchev–Trinajstić information content (AvgIpc) is 3.29. The molecule has 2 heterocycles. The van der Waals surface area contributed by atoms with Gasteiger partial charge >= 0.3 is 0 Å². The topological polar surface area (TPSA) is 79.4 Å². The molecule has 0 bridgehead atoms. The lowest BCUT2D eigenvalue weighted by atomic mass is 10.2. The number of rotatable bonds is 7. The molecule has 27 heavy (non-hydrogen) atoms. The number of benzene rings is 2. The summed E-state index contributed by atoms with van der Waals surface area (Å²) in [5, 5.41) is 13.5. The molecule has 6 nitrogen and oxygen atoms in total. The van der Waals surface area contributed by atoms with Crippen molar-refractivity contribution in [1.29, 1.82) is 0 Å². The van der Waals surface area contributed by atoms with Crippen LogP contribution in [0, 0.1) is 0 Å². The Morgan fingerprint density at radius 2 is 1.96 bits per heavy atom. The van der Waals surface area contributed by atoms with Gasteiger partial charge in [-0.3, -0.25) is 0 Å². The van der Waals surface area contributed by atoms with Gasteiger partial charge in [0.15, 0.2) is 6.23 Å². The number of nitrogens with zero attached hydrogens (tertiary/aromatic N) is 1. The lowest BCUT2D eigenvalue weighted by Gasteiger charge is -2.14. The summed E-state index contributed by atoms with van der Waals surface area (Å²) in [5.74, 6) is 1.56. The van der Waals surface area contributed by atoms with Crippen LogP contribution in [-0.4, -0.2) is 22.2 Å². The number of anilines is 1. The largest absolute Gasteiger partial charge is 0.497 e. The van der Waals surface area contributed by atoms with Crippen molar-refractivity contribution in [2.24, 2.45) is 0 Å². The third-order valence-electron chi connectivity index (χ3n) is 4.13. The Kier molecular flexibility index (Phi) is 4.95. The number of ether oxygens (including phenoxy) is 2. The van der Waals surface area contributed by atoms with Gasteiger partial charge in [-0.15, -0.1) is 11.3 Å². The first-order valence-corrected chi connectivity index (χ1v) is 9.32. The van der Waals surface area contributed by atoms with Gasteiger partial charge in [-0.1, -0.05) is 12.1 Å². The van der Waals surface area contributed by atoms with Gasteiger partial charge in [0.2, 0.25) is 0 Å². The highest BCUT2D eigenvalue weighted by Gasteiger charge is 2.12. The molecule has 0 aliphatic heterocycles. The highest BCUT2D eigenvalue weighted by molar-refractivity contribution is 7.16. The molecule has 0 saturated heterocycles. The third kappa shape index (κ3) is 4.05. The lowest BCUT2D eigenvalue weighted by Crippen LogP contribution is -2.10. The van der Waals surface area contributed by atoms with Gasteiger partial charge in [0.1, 0.15) is 23.8 Å². The molecular formula is C20H19N3O3S. The highest BCUT2D eigenvalue weighted by atomic mass is 32.1. The lowest BCUT2D eigenvalue weighted by molar-refractivity contribution is 0.204. The van der Waals surface area contributed by atoms with Gasteiger partial charge in [0.25, 0.3) is 0 Å². The maximum Gasteiger partial charge on any atom is 0.165 e. The molecule has 3 N–H and O–H groups in total. The number of fused-ring (bicyclic) bond motifs is 1. The normalized spacial score (nSPS) is 12.1. The molecule has 0 aliphatic rings. The second-order valence-corrected chi connectivity index (χ2v) is 6.89. The fourth-order valence-corrected chi connectivity index (χ4v) is 3.42. The second kappa shape index (κ2) is 7.69. The van der Waals surface area contributed by atoms with Crippen molar-refractivity contribution >= 4 is 27.4 Å². The quantitative estimate of drug-likeness (QED) is 0.416. The maximum absolute atomic E-state index is 10.4. The van der Waals surface area contributed by atoms with E-state index in [0.717, 1.165) is 33.1 Å². The minimum absolute atomic E-state index is 0.431. The first-order valence-electron chi connectivity index (χ1n) is 8.44. The number of methoxy groups -OCH3 is 1. The molecule has 138 valence electrons. The number of hydrogen-bond acceptors (Lipinski definition) is 6. The van der Waals surface area contributed by atoms with Crippen LogP contribution in [0.1, 0.15) is 17.5 Å². The van der Waals surface area contributed by atoms with Crippen LogP contribution in [0.15, 0.2) is 60.1 Å². The van der Waals surface area contributed by atoms with Gasteiger partial charge in [0, 0.05) is 5.69 Å². The number of aromatic amines is 1. The highest BCUT2D eigenvalue weighted by Crippen LogP contribution is 2.24. The molecule has 0 amide bonds. The number of H-pyrrole nitrogens is 1. The number of hydrogen-bond donors (Lipinski definition) is 3. The predicted octanol–water partition coefficient (Wildman–Crippen LogP) is 4.32. The number of nitrogens with one attached hydrogen (secondary N) is 2. The van der Waals surface area contributed by atoms with E-state index in [9.17, 15) is 5.11 Å². The number of thiazole rings is 1. The van der Waals surface area contributed by atoms with Crippen LogP contribution in [0.25, 0.3) is 10.3 Å². The minimum atomic E-state index is -0.843. The number of aromatic nitrogens is 2. The van der Waals surface area contributed by atoms with Gasteiger partial charge in [-0.2, -0.15) is 0 Å². The predicted molar refractivity (Wildman–Crippen MR) is 106 cm³/mol. The van der Waals surface area contributed by atoms with Crippen LogP contribution in [-0.2, 0) is 6.61 Å². The molecule has 0 spiro atoms. The molecule has 4 rings (SSSR count). The Balaban J connectivity index is 1.39. The number of aliphatic hydroxyl groups is 1. The molecule has 0 saturated carbocycles. The molecule has 2 aromatic carbocycles. The zero-order valence-electron chi connectivity index (χ0n) is 14.7. The Hall–Kier alpha value is -3.03. The fraction of sp³-hybridized carbons (Fsp3) is 0.150. The number of aliphatic hydroxyl groups excluding tert-OH is 1. The van der Waals surface area contributed by atoms with Crippen molar-refractivity contribution in [3.63, 3.8) is 0 Å². The van der Waals surface area contributed by atoms with Crippen molar-refractivity contribution < 1.29 is 14.6 Å². The summed E-state index contributed by atoms with van der Waals surface area (Å²) in [4.78, 5) is 7.32. The summed E-state index contributed by atoms with van der Waals surface area (Å²) in [5.41, 5.74) is 5.06. The first-order chi connectivity index (χ1) is 13.2. The molecule has 0 aliphatic carbocycles. The third-order valence-corrected chi connectivity index (χ3v) is 4.91. The van der Waals surface area contributed by atoms with Crippen LogP contribution < -0.4 is 14.8 Å². The summed E-state index contributed by atoms with van der Waals surface area (Å²) in [7, 11) is 1.63. The Bertz CT molecular complexity index is 998. The molecular weight excluding hydrogens is 362 g/mol. The van der Waals surface area contributed by atoms with Crippen LogP contribution in [0.3, 0.4) is 0 Å².